The maximum Gasteiger partial charge on any atom is 0.384 e. The maximum absolute atomic E-state index is 12.3. The molecule has 0 radical (unpaired) electrons. The lowest BCUT2D eigenvalue weighted by Crippen LogP contribution is -2.21. The molecule has 0 amide bonds. The van der Waals surface area contributed by atoms with Crippen LogP contribution >= 0.6 is 0 Å². The Bertz CT molecular complexity index is 569. The third kappa shape index (κ3) is 5.04. The van der Waals surface area contributed by atoms with Crippen LogP contribution in [0.2, 0.25) is 0 Å². The van der Waals surface area contributed by atoms with Gasteiger partial charge in [0.2, 0.25) is 5.78 Å². The molecule has 0 unspecified atom stereocenters. The molecule has 22 heavy (non-hydrogen) atoms. The van der Waals surface area contributed by atoms with E-state index < -0.39 is 5.97 Å². The summed E-state index contributed by atoms with van der Waals surface area (Å²) >= 11 is 0. The second kappa shape index (κ2) is 8.38. The van der Waals surface area contributed by atoms with Gasteiger partial charge in [0.05, 0.1) is 6.61 Å². The van der Waals surface area contributed by atoms with Crippen molar-refractivity contribution in [3.63, 3.8) is 0 Å². The molecule has 1 aliphatic carbocycles. The second-order valence-corrected chi connectivity index (χ2v) is 5.77. The molecular weight excluding hydrogens is 276 g/mol. The molecule has 1 atom stereocenters. The van der Waals surface area contributed by atoms with Gasteiger partial charge in [0.15, 0.2) is 0 Å². The molecule has 0 fully saturated rings. The van der Waals surface area contributed by atoms with Crippen molar-refractivity contribution in [2.45, 2.75) is 46.5 Å². The van der Waals surface area contributed by atoms with Crippen LogP contribution in [0.15, 0.2) is 36.0 Å². The quantitative estimate of drug-likeness (QED) is 0.247. The molecule has 1 rings (SSSR count). The number of carbonyl (C=O) groups excluding carboxylic acids is 2. The minimum atomic E-state index is -0.652. The number of ether oxygens (including phenoxy) is 1. The highest BCUT2D eigenvalue weighted by Gasteiger charge is 2.35. The van der Waals surface area contributed by atoms with Crippen LogP contribution in [0.25, 0.3) is 0 Å². The fourth-order valence-corrected chi connectivity index (χ4v) is 2.64. The van der Waals surface area contributed by atoms with Gasteiger partial charge in [0.1, 0.15) is 0 Å². The van der Waals surface area contributed by atoms with Gasteiger partial charge in [-0.05, 0) is 50.9 Å². The highest BCUT2D eigenvalue weighted by Crippen LogP contribution is 2.43. The topological polar surface area (TPSA) is 43.4 Å². The summed E-state index contributed by atoms with van der Waals surface area (Å²) in [6.45, 7) is 9.81. The van der Waals surface area contributed by atoms with Crippen LogP contribution in [0.5, 0.6) is 0 Å². The average Bonchev–Trinajstić information content (AvgIpc) is 2.86. The standard InChI is InChI=1S/C19H24O3/c1-5-8-15(3)12-14-19(4)13-7-9-16(19)17(20)10-11-18(21)22-6-2/h5,8-9H,1,6-7,12-14H2,2-4H3/b15-8+/t19-/m0/s1. The third-order valence-corrected chi connectivity index (χ3v) is 3.97. The summed E-state index contributed by atoms with van der Waals surface area (Å²) in [5.74, 6) is 3.75. The monoisotopic (exact) mass is 300 g/mol. The van der Waals surface area contributed by atoms with Crippen molar-refractivity contribution >= 4 is 11.8 Å². The molecule has 0 spiro atoms. The van der Waals surface area contributed by atoms with Crippen LogP contribution in [-0.2, 0) is 14.3 Å². The zero-order valence-electron chi connectivity index (χ0n) is 13.7. The van der Waals surface area contributed by atoms with Crippen LogP contribution in [0, 0.1) is 17.3 Å². The van der Waals surface area contributed by atoms with E-state index in [0.717, 1.165) is 31.3 Å². The molecule has 0 saturated carbocycles. The Kier molecular flexibility index (Phi) is 6.85. The molecular formula is C19H24O3. The van der Waals surface area contributed by atoms with Crippen LogP contribution in [0.4, 0.5) is 0 Å². The summed E-state index contributed by atoms with van der Waals surface area (Å²) in [4.78, 5) is 23.5. The van der Waals surface area contributed by atoms with Crippen LogP contribution in [-0.4, -0.2) is 18.4 Å². The Labute approximate surface area is 133 Å². The number of esters is 1. The van der Waals surface area contributed by atoms with Gasteiger partial charge < -0.3 is 4.74 Å². The number of Topliss-reactive ketones (excluding diaryl/α,β-unsaturated/α-hetero) is 1. The molecule has 0 heterocycles. The van der Waals surface area contributed by atoms with Crippen molar-refractivity contribution in [1.82, 2.24) is 0 Å². The van der Waals surface area contributed by atoms with E-state index in [2.05, 4.69) is 32.3 Å². The van der Waals surface area contributed by atoms with E-state index in [0.29, 0.717) is 0 Å². The number of hydrogen-bond donors (Lipinski definition) is 0. The average molecular weight is 300 g/mol. The molecule has 0 aromatic heterocycles. The lowest BCUT2D eigenvalue weighted by Gasteiger charge is -2.26. The number of carbonyl (C=O) groups is 2. The number of allylic oxidation sites excluding steroid dienone is 5. The van der Waals surface area contributed by atoms with Gasteiger partial charge in [-0.1, -0.05) is 37.3 Å². The lowest BCUT2D eigenvalue weighted by molar-refractivity contribution is -0.136. The third-order valence-electron chi connectivity index (χ3n) is 3.97. The van der Waals surface area contributed by atoms with E-state index >= 15 is 0 Å². The van der Waals surface area contributed by atoms with Gasteiger partial charge in [-0.25, -0.2) is 4.79 Å². The predicted octanol–water partition coefficient (Wildman–Crippen LogP) is 3.76. The van der Waals surface area contributed by atoms with Gasteiger partial charge >= 0.3 is 5.97 Å². The minimum Gasteiger partial charge on any atom is -0.456 e. The first-order chi connectivity index (χ1) is 10.4. The first-order valence-electron chi connectivity index (χ1n) is 7.65. The van der Waals surface area contributed by atoms with E-state index in [-0.39, 0.29) is 17.8 Å². The highest BCUT2D eigenvalue weighted by atomic mass is 16.5. The van der Waals surface area contributed by atoms with Gasteiger partial charge in [0, 0.05) is 11.5 Å². The van der Waals surface area contributed by atoms with Gasteiger partial charge in [0.25, 0.3) is 0 Å². The van der Waals surface area contributed by atoms with Gasteiger partial charge in [-0.15, -0.1) is 0 Å². The van der Waals surface area contributed by atoms with Crippen LogP contribution in [0.1, 0.15) is 46.5 Å². The SMILES string of the molecule is C=C/C=C(\C)CC[C@]1(C)CCC=C1C(=O)C#CC(=O)OCC. The number of rotatable bonds is 6. The fourth-order valence-electron chi connectivity index (χ4n) is 2.64. The van der Waals surface area contributed by atoms with E-state index in [9.17, 15) is 9.59 Å². The Morgan fingerprint density at radius 2 is 2.18 bits per heavy atom. The normalized spacial score (nSPS) is 20.7. The van der Waals surface area contributed by atoms with E-state index in [1.807, 2.05) is 12.2 Å². The van der Waals surface area contributed by atoms with Crippen molar-refractivity contribution in [2.24, 2.45) is 5.41 Å². The van der Waals surface area contributed by atoms with Crippen molar-refractivity contribution in [2.75, 3.05) is 6.61 Å². The van der Waals surface area contributed by atoms with Crippen molar-refractivity contribution in [3.8, 4) is 11.8 Å². The summed E-state index contributed by atoms with van der Waals surface area (Å²) < 4.78 is 4.71. The van der Waals surface area contributed by atoms with Gasteiger partial charge in [-0.3, -0.25) is 4.79 Å². The first-order valence-corrected chi connectivity index (χ1v) is 7.65. The summed E-state index contributed by atoms with van der Waals surface area (Å²) in [5, 5.41) is 0. The Morgan fingerprint density at radius 1 is 1.45 bits per heavy atom. The second-order valence-electron chi connectivity index (χ2n) is 5.77. The summed E-state index contributed by atoms with van der Waals surface area (Å²) in [6.07, 6.45) is 9.34. The van der Waals surface area contributed by atoms with Crippen molar-refractivity contribution in [1.29, 1.82) is 0 Å². The molecule has 0 N–H and O–H groups in total. The van der Waals surface area contributed by atoms with E-state index in [1.165, 1.54) is 5.57 Å². The molecule has 0 aliphatic heterocycles. The van der Waals surface area contributed by atoms with E-state index in [1.54, 1.807) is 13.0 Å². The molecule has 1 aliphatic rings. The summed E-state index contributed by atoms with van der Waals surface area (Å²) in [6, 6.07) is 0. The van der Waals surface area contributed by atoms with Crippen LogP contribution < -0.4 is 0 Å². The summed E-state index contributed by atoms with van der Waals surface area (Å²) in [5.41, 5.74) is 1.81. The predicted molar refractivity (Wildman–Crippen MR) is 88.0 cm³/mol. The zero-order chi connectivity index (χ0) is 16.6. The minimum absolute atomic E-state index is 0.170. The first kappa shape index (κ1) is 18.0. The molecule has 0 aromatic carbocycles. The highest BCUT2D eigenvalue weighted by molar-refractivity contribution is 6.12. The number of ketones is 1. The fraction of sp³-hybridized carbons (Fsp3) is 0.474. The maximum atomic E-state index is 12.3. The molecule has 3 heteroatoms. The van der Waals surface area contributed by atoms with E-state index in [4.69, 9.17) is 4.74 Å². The lowest BCUT2D eigenvalue weighted by atomic mass is 9.77. The molecule has 3 nitrogen and oxygen atoms in total. The Balaban J connectivity index is 2.76. The molecule has 0 bridgehead atoms. The smallest absolute Gasteiger partial charge is 0.384 e. The number of hydrogen-bond acceptors (Lipinski definition) is 3. The summed E-state index contributed by atoms with van der Waals surface area (Å²) in [7, 11) is 0. The zero-order valence-corrected chi connectivity index (χ0v) is 13.7. The van der Waals surface area contributed by atoms with Crippen LogP contribution in [0.3, 0.4) is 0 Å². The molecule has 118 valence electrons. The Hall–Kier alpha value is -2.08. The Morgan fingerprint density at radius 3 is 2.82 bits per heavy atom. The van der Waals surface area contributed by atoms with Crippen molar-refractivity contribution < 1.29 is 14.3 Å². The molecule has 0 saturated heterocycles. The molecule has 0 aromatic rings. The van der Waals surface area contributed by atoms with Gasteiger partial charge in [-0.2, -0.15) is 0 Å². The van der Waals surface area contributed by atoms with Crippen molar-refractivity contribution in [3.05, 3.63) is 36.0 Å². The largest absolute Gasteiger partial charge is 0.456 e.